The minimum atomic E-state index is -6.22. The number of hydrogen-bond acceptors (Lipinski definition) is 21. The van der Waals surface area contributed by atoms with Crippen LogP contribution in [0.25, 0.3) is 0 Å². The molecule has 0 radical (unpaired) electrons. The third kappa shape index (κ3) is 10.2. The van der Waals surface area contributed by atoms with Crippen molar-refractivity contribution in [2.45, 2.75) is 61.8 Å². The van der Waals surface area contributed by atoms with Crippen molar-refractivity contribution < 1.29 is 110 Å². The van der Waals surface area contributed by atoms with Crippen LogP contribution in [0.1, 0.15) is 0 Å². The Morgan fingerprint density at radius 3 is 1.24 bits per heavy atom. The lowest BCUT2D eigenvalue weighted by molar-refractivity contribution is -0.153. The molecule has 0 aromatic rings. The van der Waals surface area contributed by atoms with E-state index in [1.54, 1.807) is 0 Å². The second kappa shape index (κ2) is 15.1. The largest absolute Gasteiger partial charge is 0.490 e. The Labute approximate surface area is 272 Å². The van der Waals surface area contributed by atoms with E-state index >= 15 is 0 Å². The molecule has 4 rings (SSSR count). The first-order valence-corrected chi connectivity index (χ1v) is 19.1. The lowest BCUT2D eigenvalue weighted by Crippen LogP contribution is -2.55. The van der Waals surface area contributed by atoms with Crippen LogP contribution >= 0.6 is 31.3 Å². The number of phosphoric acid groups is 4. The zero-order chi connectivity index (χ0) is 36.7. The Kier molecular flexibility index (Phi) is 12.3. The number of aliphatic hydroxyl groups is 6. The maximum Gasteiger partial charge on any atom is 0.490 e. The summed E-state index contributed by atoms with van der Waals surface area (Å²) in [7, 11) is -24.0. The molecule has 31 heteroatoms. The standard InChI is InChI=1S/C18H30N4O23P4/c23-9-1-3-21(17(29)19-9)15-13(27)11(25)7(41-15)5-39-46(31,32)43-48(35,36)45-49(37,38)44-47(33,34)40-6-8-12(26)14(28)16(42-8)22-4-2-10(24)20-18(22)30/h1-4,7-8,11-18,25-30H,5-6H2,(H,19,23)(H,20,24)(H,31,32)(H,33,34)(H,35,36)(H,37,38)/t7-,8-,11?,12?,13?,14?,15-,16-,17?,18?/m1/s1. The molecule has 0 aromatic heterocycles. The Morgan fingerprint density at radius 2 is 0.918 bits per heavy atom. The number of nitrogens with one attached hydrogen (secondary N) is 2. The van der Waals surface area contributed by atoms with E-state index in [1.807, 2.05) is 10.6 Å². The molecule has 4 aliphatic rings. The predicted octanol–water partition coefficient (Wildman–Crippen LogP) is -5.19. The quantitative estimate of drug-likeness (QED) is 0.0731. The zero-order valence-corrected chi connectivity index (χ0v) is 27.5. The van der Waals surface area contributed by atoms with Gasteiger partial charge in [-0.25, -0.2) is 18.3 Å². The van der Waals surface area contributed by atoms with Crippen molar-refractivity contribution in [2.24, 2.45) is 0 Å². The highest BCUT2D eigenvalue weighted by molar-refractivity contribution is 7.69. The van der Waals surface area contributed by atoms with Crippen molar-refractivity contribution in [3.8, 4) is 0 Å². The van der Waals surface area contributed by atoms with E-state index in [1.165, 1.54) is 0 Å². The van der Waals surface area contributed by atoms with E-state index in [-0.39, 0.29) is 0 Å². The number of carbonyl (C=O) groups excluding carboxylic acids is 2. The average Bonchev–Trinajstić information content (AvgIpc) is 3.38. The number of phosphoric ester groups is 2. The van der Waals surface area contributed by atoms with Crippen LogP contribution in [0.5, 0.6) is 0 Å². The van der Waals surface area contributed by atoms with E-state index in [2.05, 4.69) is 22.0 Å². The molecule has 0 saturated carbocycles. The number of nitrogens with zero attached hydrogens (tertiary/aromatic N) is 2. The van der Waals surface area contributed by atoms with Gasteiger partial charge in [-0.3, -0.25) is 18.6 Å². The Balaban J connectivity index is 1.28. The molecule has 0 spiro atoms. The summed E-state index contributed by atoms with van der Waals surface area (Å²) in [4.78, 5) is 63.4. The molecule has 2 amide bonds. The molecule has 4 aliphatic heterocycles. The molecule has 4 heterocycles. The molecule has 49 heavy (non-hydrogen) atoms. The molecule has 280 valence electrons. The van der Waals surface area contributed by atoms with Gasteiger partial charge in [0, 0.05) is 24.6 Å². The van der Waals surface area contributed by atoms with Crippen molar-refractivity contribution in [1.29, 1.82) is 0 Å². The van der Waals surface area contributed by atoms with Gasteiger partial charge in [-0.15, -0.1) is 0 Å². The molecular weight excluding hydrogens is 764 g/mol. The number of amides is 2. The zero-order valence-electron chi connectivity index (χ0n) is 24.0. The van der Waals surface area contributed by atoms with Gasteiger partial charge < -0.3 is 80.1 Å². The topological polar surface area (TPSA) is 400 Å². The summed E-state index contributed by atoms with van der Waals surface area (Å²) < 4.78 is 79.6. The molecule has 12 N–H and O–H groups in total. The van der Waals surface area contributed by atoms with Crippen LogP contribution in [0, 0.1) is 0 Å². The maximum atomic E-state index is 12.2. The second-order valence-electron chi connectivity index (χ2n) is 10.1. The lowest BCUT2D eigenvalue weighted by Gasteiger charge is -2.35. The molecule has 27 nitrogen and oxygen atoms in total. The van der Waals surface area contributed by atoms with Gasteiger partial charge in [-0.2, -0.15) is 12.9 Å². The van der Waals surface area contributed by atoms with Crippen LogP contribution in [0.15, 0.2) is 24.6 Å². The monoisotopic (exact) mass is 794 g/mol. The second-order valence-corrected chi connectivity index (χ2v) is 16.3. The Morgan fingerprint density at radius 1 is 0.592 bits per heavy atom. The summed E-state index contributed by atoms with van der Waals surface area (Å²) in [5.41, 5.74) is 0. The van der Waals surface area contributed by atoms with Gasteiger partial charge in [0.1, 0.15) is 36.6 Å². The van der Waals surface area contributed by atoms with Gasteiger partial charge in [0.05, 0.1) is 13.2 Å². The number of ether oxygens (including phenoxy) is 2. The van der Waals surface area contributed by atoms with Crippen molar-refractivity contribution in [3.63, 3.8) is 0 Å². The highest BCUT2D eigenvalue weighted by Gasteiger charge is 2.51. The first kappa shape index (κ1) is 40.0. The molecule has 14 atom stereocenters. The minimum absolute atomic E-state index is 0.710. The molecule has 2 fully saturated rings. The minimum Gasteiger partial charge on any atom is -0.387 e. The lowest BCUT2D eigenvalue weighted by atomic mass is 10.1. The first-order valence-electron chi connectivity index (χ1n) is 13.2. The fraction of sp³-hybridized carbons (Fsp3) is 0.667. The Bertz CT molecular complexity index is 1410. The molecule has 0 aromatic carbocycles. The van der Waals surface area contributed by atoms with E-state index in [0.717, 1.165) is 34.4 Å². The van der Waals surface area contributed by atoms with Gasteiger partial charge in [0.2, 0.25) is 24.5 Å². The summed E-state index contributed by atoms with van der Waals surface area (Å²) in [6, 6.07) is 0. The normalized spacial score (nSPS) is 38.3. The molecule has 10 unspecified atom stereocenters. The summed E-state index contributed by atoms with van der Waals surface area (Å²) in [5.74, 6) is -1.42. The highest BCUT2D eigenvalue weighted by Crippen LogP contribution is 2.71. The third-order valence-corrected chi connectivity index (χ3v) is 12.5. The third-order valence-electron chi connectivity index (χ3n) is 6.59. The van der Waals surface area contributed by atoms with Crippen LogP contribution in [0.3, 0.4) is 0 Å². The van der Waals surface area contributed by atoms with Gasteiger partial charge >= 0.3 is 31.3 Å². The summed E-state index contributed by atoms with van der Waals surface area (Å²) in [5, 5.41) is 64.8. The van der Waals surface area contributed by atoms with Gasteiger partial charge in [-0.1, -0.05) is 0 Å². The van der Waals surface area contributed by atoms with Gasteiger partial charge in [0.15, 0.2) is 12.5 Å². The summed E-state index contributed by atoms with van der Waals surface area (Å²) in [6.45, 7) is -2.36. The molecule has 0 aliphatic carbocycles. The van der Waals surface area contributed by atoms with Crippen LogP contribution in [0.4, 0.5) is 0 Å². The van der Waals surface area contributed by atoms with Crippen molar-refractivity contribution in [1.82, 2.24) is 20.4 Å². The number of carbonyl (C=O) groups is 2. The van der Waals surface area contributed by atoms with E-state index in [4.69, 9.17) is 9.47 Å². The molecule has 0 bridgehead atoms. The van der Waals surface area contributed by atoms with Crippen molar-refractivity contribution >= 4 is 43.1 Å². The van der Waals surface area contributed by atoms with E-state index < -0.39 is 118 Å². The van der Waals surface area contributed by atoms with E-state index in [0.29, 0.717) is 0 Å². The highest BCUT2D eigenvalue weighted by atomic mass is 31.3. The SMILES string of the molecule is O=C1C=CN([C@@H]2O[C@H](COP(=O)(O)OP(=O)(O)OP(=O)(O)OP(=O)(O)OC[C@H]3O[C@@H](N4C=CC(=O)NC4O)C(O)C3O)C(O)C2O)C(O)N1. The van der Waals surface area contributed by atoms with Crippen LogP contribution in [-0.4, -0.2) is 147 Å². The van der Waals surface area contributed by atoms with Crippen molar-refractivity contribution in [3.05, 3.63) is 24.6 Å². The summed E-state index contributed by atoms with van der Waals surface area (Å²) >= 11 is 0. The fourth-order valence-corrected chi connectivity index (χ4v) is 9.40. The first-order chi connectivity index (χ1) is 22.5. The van der Waals surface area contributed by atoms with Crippen LogP contribution in [0.2, 0.25) is 0 Å². The predicted molar refractivity (Wildman–Crippen MR) is 146 cm³/mol. The van der Waals surface area contributed by atoms with Crippen molar-refractivity contribution in [2.75, 3.05) is 13.2 Å². The molecule has 2 saturated heterocycles. The van der Waals surface area contributed by atoms with Crippen LogP contribution < -0.4 is 10.6 Å². The van der Waals surface area contributed by atoms with Gasteiger partial charge in [0.25, 0.3) is 0 Å². The number of aliphatic hydroxyl groups excluding tert-OH is 6. The summed E-state index contributed by atoms with van der Waals surface area (Å²) in [6.07, 6.45) is -13.5. The smallest absolute Gasteiger partial charge is 0.387 e. The van der Waals surface area contributed by atoms with E-state index in [9.17, 15) is 78.1 Å². The van der Waals surface area contributed by atoms with Gasteiger partial charge in [-0.05, 0) is 0 Å². The molecular formula is C18H30N4O23P4. The maximum absolute atomic E-state index is 12.2. The number of rotatable bonds is 14. The van der Waals surface area contributed by atoms with Crippen LogP contribution in [-0.2, 0) is 59.3 Å². The fourth-order valence-electron chi connectivity index (χ4n) is 4.45. The Hall–Kier alpha value is -1.74. The average molecular weight is 794 g/mol. The number of hydrogen-bond donors (Lipinski definition) is 12.